The van der Waals surface area contributed by atoms with Crippen molar-refractivity contribution in [3.63, 3.8) is 0 Å². The minimum atomic E-state index is 0.0406. The second-order valence-corrected chi connectivity index (χ2v) is 5.48. The van der Waals surface area contributed by atoms with Crippen molar-refractivity contribution in [1.82, 2.24) is 4.90 Å². The van der Waals surface area contributed by atoms with Crippen molar-refractivity contribution in [2.45, 2.75) is 19.3 Å². The molecule has 1 saturated carbocycles. The molecule has 1 aromatic rings. The van der Waals surface area contributed by atoms with Crippen molar-refractivity contribution in [2.24, 2.45) is 11.7 Å². The van der Waals surface area contributed by atoms with E-state index in [1.54, 1.807) is 4.90 Å². The molecule has 1 aliphatic carbocycles. The van der Waals surface area contributed by atoms with Crippen LogP contribution in [-0.4, -0.2) is 44.2 Å². The Labute approximate surface area is 120 Å². The van der Waals surface area contributed by atoms with Crippen molar-refractivity contribution in [3.8, 4) is 0 Å². The summed E-state index contributed by atoms with van der Waals surface area (Å²) in [5, 5.41) is 0. The van der Waals surface area contributed by atoms with E-state index in [4.69, 9.17) is 10.5 Å². The molecule has 0 heterocycles. The Morgan fingerprint density at radius 1 is 1.45 bits per heavy atom. The highest BCUT2D eigenvalue weighted by Crippen LogP contribution is 2.28. The van der Waals surface area contributed by atoms with Crippen LogP contribution in [0.5, 0.6) is 0 Å². The number of benzene rings is 1. The molecule has 20 heavy (non-hydrogen) atoms. The fraction of sp³-hybridized carbons (Fsp3) is 0.562. The Morgan fingerprint density at radius 2 is 2.25 bits per heavy atom. The molecule has 0 aromatic heterocycles. The predicted octanol–water partition coefficient (Wildman–Crippen LogP) is 1.69. The van der Waals surface area contributed by atoms with Gasteiger partial charge in [0.15, 0.2) is 0 Å². The van der Waals surface area contributed by atoms with Crippen molar-refractivity contribution in [2.75, 3.05) is 33.4 Å². The molecule has 0 bridgehead atoms. The second-order valence-electron chi connectivity index (χ2n) is 5.48. The van der Waals surface area contributed by atoms with Gasteiger partial charge < -0.3 is 15.4 Å². The van der Waals surface area contributed by atoms with Gasteiger partial charge >= 0.3 is 0 Å². The molecule has 4 heteroatoms. The Balaban J connectivity index is 1.80. The van der Waals surface area contributed by atoms with Crippen LogP contribution >= 0.6 is 0 Å². The molecule has 0 unspecified atom stereocenters. The van der Waals surface area contributed by atoms with E-state index in [9.17, 15) is 4.79 Å². The van der Waals surface area contributed by atoms with Gasteiger partial charge in [-0.25, -0.2) is 0 Å². The molecule has 2 N–H and O–H groups in total. The maximum absolute atomic E-state index is 12.3. The maximum atomic E-state index is 12.3. The summed E-state index contributed by atoms with van der Waals surface area (Å²) in [6.45, 7) is 2.68. The van der Waals surface area contributed by atoms with Crippen LogP contribution in [0.2, 0.25) is 0 Å². The quantitative estimate of drug-likeness (QED) is 0.735. The topological polar surface area (TPSA) is 55.6 Å². The summed E-state index contributed by atoms with van der Waals surface area (Å²) in [6, 6.07) is 7.69. The number of rotatable bonds is 8. The molecular formula is C16H24N2O2. The Bertz CT molecular complexity index is 444. The Hall–Kier alpha value is -1.39. The lowest BCUT2D eigenvalue weighted by Gasteiger charge is -2.17. The number of carbonyl (C=O) groups is 1. The van der Waals surface area contributed by atoms with Crippen LogP contribution in [0.4, 0.5) is 0 Å². The fourth-order valence-corrected chi connectivity index (χ4v) is 2.08. The number of likely N-dealkylation sites (N-methyl/N-ethyl adjacent to an activating group) is 1. The van der Waals surface area contributed by atoms with Crippen LogP contribution in [0.1, 0.15) is 28.8 Å². The highest BCUT2D eigenvalue weighted by atomic mass is 16.5. The lowest BCUT2D eigenvalue weighted by Crippen LogP contribution is -2.30. The zero-order valence-corrected chi connectivity index (χ0v) is 12.2. The van der Waals surface area contributed by atoms with Crippen molar-refractivity contribution >= 4 is 5.91 Å². The van der Waals surface area contributed by atoms with E-state index < -0.39 is 0 Å². The van der Waals surface area contributed by atoms with Gasteiger partial charge in [-0.05, 0) is 49.4 Å². The Morgan fingerprint density at radius 3 is 2.95 bits per heavy atom. The highest BCUT2D eigenvalue weighted by Gasteiger charge is 2.21. The first kappa shape index (κ1) is 15.0. The summed E-state index contributed by atoms with van der Waals surface area (Å²) in [4.78, 5) is 14.0. The number of carbonyl (C=O) groups excluding carboxylic acids is 1. The molecule has 1 fully saturated rings. The van der Waals surface area contributed by atoms with E-state index in [1.165, 1.54) is 12.8 Å². The third-order valence-corrected chi connectivity index (χ3v) is 3.58. The summed E-state index contributed by atoms with van der Waals surface area (Å²) >= 11 is 0. The van der Waals surface area contributed by atoms with Crippen molar-refractivity contribution in [1.29, 1.82) is 0 Å². The lowest BCUT2D eigenvalue weighted by molar-refractivity contribution is 0.0681. The minimum absolute atomic E-state index is 0.0406. The van der Waals surface area contributed by atoms with Crippen LogP contribution in [-0.2, 0) is 11.2 Å². The average molecular weight is 276 g/mol. The maximum Gasteiger partial charge on any atom is 0.253 e. The SMILES string of the molecule is CN(CCOCC1CC1)C(=O)c1cccc(CCN)c1. The lowest BCUT2D eigenvalue weighted by atomic mass is 10.1. The number of hydrogen-bond donors (Lipinski definition) is 1. The van der Waals surface area contributed by atoms with E-state index in [0.717, 1.165) is 30.1 Å². The third kappa shape index (κ3) is 4.62. The van der Waals surface area contributed by atoms with Gasteiger partial charge in [0.25, 0.3) is 5.91 Å². The van der Waals surface area contributed by atoms with Gasteiger partial charge in [-0.15, -0.1) is 0 Å². The predicted molar refractivity (Wildman–Crippen MR) is 79.7 cm³/mol. The number of ether oxygens (including phenoxy) is 1. The van der Waals surface area contributed by atoms with Crippen LogP contribution < -0.4 is 5.73 Å². The van der Waals surface area contributed by atoms with Crippen molar-refractivity contribution < 1.29 is 9.53 Å². The van der Waals surface area contributed by atoms with E-state index >= 15 is 0 Å². The van der Waals surface area contributed by atoms with Crippen LogP contribution in [0.3, 0.4) is 0 Å². The number of nitrogens with zero attached hydrogens (tertiary/aromatic N) is 1. The number of amides is 1. The highest BCUT2D eigenvalue weighted by molar-refractivity contribution is 5.94. The zero-order chi connectivity index (χ0) is 14.4. The van der Waals surface area contributed by atoms with Crippen molar-refractivity contribution in [3.05, 3.63) is 35.4 Å². The summed E-state index contributed by atoms with van der Waals surface area (Å²) in [6.07, 6.45) is 3.39. The first-order valence-corrected chi connectivity index (χ1v) is 7.33. The molecule has 0 aliphatic heterocycles. The average Bonchev–Trinajstić information content (AvgIpc) is 3.27. The molecule has 0 spiro atoms. The summed E-state index contributed by atoms with van der Waals surface area (Å²) in [7, 11) is 1.82. The van der Waals surface area contributed by atoms with E-state index in [1.807, 2.05) is 31.3 Å². The smallest absolute Gasteiger partial charge is 0.253 e. The van der Waals surface area contributed by atoms with Gasteiger partial charge in [0, 0.05) is 25.8 Å². The summed E-state index contributed by atoms with van der Waals surface area (Å²) in [5.41, 5.74) is 7.38. The van der Waals surface area contributed by atoms with Crippen LogP contribution in [0, 0.1) is 5.92 Å². The fourth-order valence-electron chi connectivity index (χ4n) is 2.08. The van der Waals surface area contributed by atoms with Crippen LogP contribution in [0.25, 0.3) is 0 Å². The van der Waals surface area contributed by atoms with E-state index in [-0.39, 0.29) is 5.91 Å². The molecule has 2 rings (SSSR count). The molecule has 1 aliphatic rings. The van der Waals surface area contributed by atoms with Gasteiger partial charge in [-0.3, -0.25) is 4.79 Å². The number of nitrogens with two attached hydrogens (primary N) is 1. The normalized spacial score (nSPS) is 14.3. The molecular weight excluding hydrogens is 252 g/mol. The van der Waals surface area contributed by atoms with Gasteiger partial charge in [0.1, 0.15) is 0 Å². The molecule has 1 amide bonds. The van der Waals surface area contributed by atoms with E-state index in [0.29, 0.717) is 19.7 Å². The van der Waals surface area contributed by atoms with Gasteiger partial charge in [-0.1, -0.05) is 12.1 Å². The molecule has 0 atom stereocenters. The minimum Gasteiger partial charge on any atom is -0.379 e. The standard InChI is InChI=1S/C16H24N2O2/c1-18(9-10-20-12-14-5-6-14)16(19)15-4-2-3-13(11-15)7-8-17/h2-4,11,14H,5-10,12,17H2,1H3. The first-order chi connectivity index (χ1) is 9.70. The Kier molecular flexibility index (Phi) is 5.56. The molecule has 1 aromatic carbocycles. The zero-order valence-electron chi connectivity index (χ0n) is 12.2. The van der Waals surface area contributed by atoms with Gasteiger partial charge in [-0.2, -0.15) is 0 Å². The third-order valence-electron chi connectivity index (χ3n) is 3.58. The second kappa shape index (κ2) is 7.41. The summed E-state index contributed by atoms with van der Waals surface area (Å²) in [5.74, 6) is 0.808. The van der Waals surface area contributed by atoms with Gasteiger partial charge in [0.05, 0.1) is 6.61 Å². The molecule has 0 radical (unpaired) electrons. The molecule has 0 saturated heterocycles. The molecule has 4 nitrogen and oxygen atoms in total. The van der Waals surface area contributed by atoms with E-state index in [2.05, 4.69) is 0 Å². The molecule has 110 valence electrons. The monoisotopic (exact) mass is 276 g/mol. The largest absolute Gasteiger partial charge is 0.379 e. The van der Waals surface area contributed by atoms with Gasteiger partial charge in [0.2, 0.25) is 0 Å². The number of hydrogen-bond acceptors (Lipinski definition) is 3. The van der Waals surface area contributed by atoms with Crippen LogP contribution in [0.15, 0.2) is 24.3 Å². The summed E-state index contributed by atoms with van der Waals surface area (Å²) < 4.78 is 5.57. The first-order valence-electron chi connectivity index (χ1n) is 7.33.